The van der Waals surface area contributed by atoms with E-state index in [4.69, 9.17) is 16.9 Å². The van der Waals surface area contributed by atoms with Crippen LogP contribution < -0.4 is 5.32 Å². The van der Waals surface area contributed by atoms with Gasteiger partial charge in [0.05, 0.1) is 0 Å². The van der Waals surface area contributed by atoms with Gasteiger partial charge in [0.1, 0.15) is 16.6 Å². The van der Waals surface area contributed by atoms with E-state index in [1.165, 1.54) is 37.2 Å². The van der Waals surface area contributed by atoms with Gasteiger partial charge in [0.2, 0.25) is 0 Å². The van der Waals surface area contributed by atoms with Crippen molar-refractivity contribution in [1.82, 2.24) is 4.37 Å². The number of hydrogen-bond acceptors (Lipinski definition) is 4. The Balaban J connectivity index is 2.02. The van der Waals surface area contributed by atoms with E-state index in [1.807, 2.05) is 0 Å². The van der Waals surface area contributed by atoms with Gasteiger partial charge in [0, 0.05) is 6.04 Å². The third-order valence-electron chi connectivity index (χ3n) is 3.11. The first-order valence-electron chi connectivity index (χ1n) is 5.52. The summed E-state index contributed by atoms with van der Waals surface area (Å²) in [5.41, 5.74) is 0.491. The van der Waals surface area contributed by atoms with Crippen molar-refractivity contribution in [1.29, 1.82) is 5.26 Å². The van der Waals surface area contributed by atoms with E-state index < -0.39 is 0 Å². The molecule has 0 radical (unpaired) electrons. The first-order chi connectivity index (χ1) is 7.70. The van der Waals surface area contributed by atoms with Crippen LogP contribution in [-0.2, 0) is 0 Å². The van der Waals surface area contributed by atoms with Crippen LogP contribution in [0.1, 0.15) is 38.2 Å². The molecule has 0 bridgehead atoms. The van der Waals surface area contributed by atoms with Crippen molar-refractivity contribution in [3.8, 4) is 6.07 Å². The van der Waals surface area contributed by atoms with E-state index in [9.17, 15) is 0 Å². The maximum Gasteiger partial charge on any atom is 0.162 e. The lowest BCUT2D eigenvalue weighted by atomic mass is 9.87. The van der Waals surface area contributed by atoms with Gasteiger partial charge in [-0.2, -0.15) is 9.64 Å². The maximum absolute atomic E-state index is 8.95. The van der Waals surface area contributed by atoms with Crippen LogP contribution >= 0.6 is 23.1 Å². The minimum absolute atomic E-state index is 0.319. The monoisotopic (exact) mass is 255 g/mol. The van der Waals surface area contributed by atoms with Crippen molar-refractivity contribution >= 4 is 28.1 Å². The minimum Gasteiger partial charge on any atom is -0.372 e. The average molecular weight is 256 g/mol. The predicted octanol–water partition coefficient (Wildman–Crippen LogP) is 3.66. The van der Waals surface area contributed by atoms with Gasteiger partial charge in [0.15, 0.2) is 5.15 Å². The summed E-state index contributed by atoms with van der Waals surface area (Å²) in [4.78, 5) is 0. The Labute approximate surface area is 105 Å². The molecule has 1 saturated carbocycles. The van der Waals surface area contributed by atoms with E-state index in [0.717, 1.165) is 10.9 Å². The van der Waals surface area contributed by atoms with E-state index in [0.29, 0.717) is 16.8 Å². The molecule has 5 heteroatoms. The fraction of sp³-hybridized carbons (Fsp3) is 0.636. The summed E-state index contributed by atoms with van der Waals surface area (Å²) < 4.78 is 3.99. The maximum atomic E-state index is 8.95. The standard InChI is InChI=1S/C11H14ClN3S/c1-7-2-4-8(5-3-7)14-11-9(6-13)10(12)15-16-11/h7-8,14H,2-5H2,1H3. The number of nitrogens with zero attached hydrogens (tertiary/aromatic N) is 2. The van der Waals surface area contributed by atoms with E-state index in [-0.39, 0.29) is 0 Å². The zero-order valence-electron chi connectivity index (χ0n) is 9.16. The summed E-state index contributed by atoms with van der Waals surface area (Å²) in [7, 11) is 0. The van der Waals surface area contributed by atoms with E-state index >= 15 is 0 Å². The van der Waals surface area contributed by atoms with Crippen molar-refractivity contribution in [2.45, 2.75) is 38.6 Å². The third-order valence-corrected chi connectivity index (χ3v) is 4.27. The molecule has 0 saturated heterocycles. The minimum atomic E-state index is 0.319. The van der Waals surface area contributed by atoms with Gasteiger partial charge in [-0.25, -0.2) is 0 Å². The lowest BCUT2D eigenvalue weighted by Gasteiger charge is -2.27. The smallest absolute Gasteiger partial charge is 0.162 e. The van der Waals surface area contributed by atoms with Crippen LogP contribution in [0, 0.1) is 17.2 Å². The number of nitriles is 1. The SMILES string of the molecule is CC1CCC(Nc2snc(Cl)c2C#N)CC1. The van der Waals surface area contributed by atoms with Crippen LogP contribution in [0.15, 0.2) is 0 Å². The molecule has 86 valence electrons. The molecule has 0 atom stereocenters. The van der Waals surface area contributed by atoms with Crippen molar-refractivity contribution in [2.24, 2.45) is 5.92 Å². The molecule has 1 N–H and O–H groups in total. The summed E-state index contributed by atoms with van der Waals surface area (Å²) in [6.07, 6.45) is 4.85. The van der Waals surface area contributed by atoms with Crippen molar-refractivity contribution in [3.63, 3.8) is 0 Å². The van der Waals surface area contributed by atoms with Crippen molar-refractivity contribution < 1.29 is 0 Å². The zero-order chi connectivity index (χ0) is 11.5. The Hall–Kier alpha value is -0.790. The Bertz CT molecular complexity index is 402. The third kappa shape index (κ3) is 2.47. The molecule has 1 fully saturated rings. The second kappa shape index (κ2) is 5.03. The highest BCUT2D eigenvalue weighted by molar-refractivity contribution is 7.10. The molecule has 0 aromatic carbocycles. The summed E-state index contributed by atoms with van der Waals surface area (Å²) in [5.74, 6) is 0.832. The number of halogens is 1. The van der Waals surface area contributed by atoms with Gasteiger partial charge >= 0.3 is 0 Å². The van der Waals surface area contributed by atoms with Gasteiger partial charge < -0.3 is 5.32 Å². The molecule has 16 heavy (non-hydrogen) atoms. The predicted molar refractivity (Wildman–Crippen MR) is 66.9 cm³/mol. The molecular weight excluding hydrogens is 242 g/mol. The van der Waals surface area contributed by atoms with Crippen molar-refractivity contribution in [3.05, 3.63) is 10.7 Å². The molecule has 1 aliphatic rings. The van der Waals surface area contributed by atoms with Crippen LogP contribution in [0.3, 0.4) is 0 Å². The molecule has 2 rings (SSSR count). The largest absolute Gasteiger partial charge is 0.372 e. The lowest BCUT2D eigenvalue weighted by molar-refractivity contribution is 0.361. The van der Waals surface area contributed by atoms with E-state index in [1.54, 1.807) is 0 Å². The molecule has 0 unspecified atom stereocenters. The summed E-state index contributed by atoms with van der Waals surface area (Å²) in [5, 5.41) is 13.5. The van der Waals surface area contributed by atoms with Crippen LogP contribution in [0.4, 0.5) is 5.00 Å². The average Bonchev–Trinajstić information content (AvgIpc) is 2.63. The summed E-state index contributed by atoms with van der Waals surface area (Å²) >= 11 is 7.10. The Kier molecular flexibility index (Phi) is 3.67. The highest BCUT2D eigenvalue weighted by Gasteiger charge is 2.20. The fourth-order valence-corrected chi connectivity index (χ4v) is 3.07. The molecule has 1 aromatic rings. The first-order valence-corrected chi connectivity index (χ1v) is 6.67. The van der Waals surface area contributed by atoms with Crippen LogP contribution in [0.25, 0.3) is 0 Å². The normalized spacial score (nSPS) is 25.1. The summed E-state index contributed by atoms with van der Waals surface area (Å²) in [6, 6.07) is 2.57. The van der Waals surface area contributed by atoms with Crippen LogP contribution in [0.5, 0.6) is 0 Å². The molecule has 0 aliphatic heterocycles. The molecule has 0 amide bonds. The fourth-order valence-electron chi connectivity index (χ4n) is 2.06. The molecule has 1 heterocycles. The number of nitrogens with one attached hydrogen (secondary N) is 1. The van der Waals surface area contributed by atoms with Crippen LogP contribution in [-0.4, -0.2) is 10.4 Å². The quantitative estimate of drug-likeness (QED) is 0.877. The topological polar surface area (TPSA) is 48.7 Å². The molecule has 0 spiro atoms. The zero-order valence-corrected chi connectivity index (χ0v) is 10.7. The van der Waals surface area contributed by atoms with Gasteiger partial charge in [-0.15, -0.1) is 0 Å². The van der Waals surface area contributed by atoms with Crippen LogP contribution in [0.2, 0.25) is 5.15 Å². The van der Waals surface area contributed by atoms with Gasteiger partial charge in [-0.05, 0) is 43.1 Å². The highest BCUT2D eigenvalue weighted by Crippen LogP contribution is 2.31. The lowest BCUT2D eigenvalue weighted by Crippen LogP contribution is -2.25. The Morgan fingerprint density at radius 3 is 2.75 bits per heavy atom. The van der Waals surface area contributed by atoms with Gasteiger partial charge in [-0.3, -0.25) is 0 Å². The number of hydrogen-bond donors (Lipinski definition) is 1. The molecule has 3 nitrogen and oxygen atoms in total. The van der Waals surface area contributed by atoms with E-state index in [2.05, 4.69) is 22.7 Å². The molecule has 1 aromatic heterocycles. The van der Waals surface area contributed by atoms with Crippen molar-refractivity contribution in [2.75, 3.05) is 5.32 Å². The Morgan fingerprint density at radius 1 is 1.44 bits per heavy atom. The summed E-state index contributed by atoms with van der Waals surface area (Å²) in [6.45, 7) is 2.29. The van der Waals surface area contributed by atoms with Gasteiger partial charge in [-0.1, -0.05) is 18.5 Å². The molecule has 1 aliphatic carbocycles. The second-order valence-corrected chi connectivity index (χ2v) is 5.52. The number of rotatable bonds is 2. The number of anilines is 1. The highest BCUT2D eigenvalue weighted by atomic mass is 35.5. The second-order valence-electron chi connectivity index (χ2n) is 4.39. The van der Waals surface area contributed by atoms with Gasteiger partial charge in [0.25, 0.3) is 0 Å². The molecular formula is C11H14ClN3S. The number of aromatic nitrogens is 1. The Morgan fingerprint density at radius 2 is 2.12 bits per heavy atom. The first kappa shape index (κ1) is 11.7.